The van der Waals surface area contributed by atoms with Crippen molar-refractivity contribution in [3.63, 3.8) is 0 Å². The van der Waals surface area contributed by atoms with E-state index < -0.39 is 11.7 Å². The van der Waals surface area contributed by atoms with Gasteiger partial charge in [-0.1, -0.05) is 23.3 Å². The first kappa shape index (κ1) is 28.0. The molecule has 0 atom stereocenters. The van der Waals surface area contributed by atoms with E-state index in [4.69, 9.17) is 0 Å². The van der Waals surface area contributed by atoms with Crippen LogP contribution in [0.15, 0.2) is 48.8 Å². The number of carbonyl (C=O) groups excluding carboxylic acids is 2. The van der Waals surface area contributed by atoms with Crippen molar-refractivity contribution in [1.82, 2.24) is 55.5 Å². The second-order valence-electron chi connectivity index (χ2n) is 10.5. The first-order valence-corrected chi connectivity index (χ1v) is 13.9. The number of H-pyrrole nitrogens is 2. The number of nitrogens with zero attached hydrogens (tertiary/aromatic N) is 9. The average molecular weight is 585 g/mol. The molecule has 0 bridgehead atoms. The third-order valence-electron chi connectivity index (χ3n) is 7.36. The summed E-state index contributed by atoms with van der Waals surface area (Å²) in [5.74, 6) is -0.993. The SMILES string of the molecule is CN(C)CCNCc1cc(-c2ncc(O)c3c(C(=O)C(=O)N4CCN(c5nnnn5-c5ccccc5)CC4)c[nH]c23)n[nH]1. The number of aromatic nitrogens is 8. The fourth-order valence-electron chi connectivity index (χ4n) is 5.09. The van der Waals surface area contributed by atoms with Gasteiger partial charge in [-0.25, -0.2) is 4.98 Å². The van der Waals surface area contributed by atoms with Crippen molar-refractivity contribution >= 4 is 28.5 Å². The molecule has 0 aliphatic carbocycles. The summed E-state index contributed by atoms with van der Waals surface area (Å²) in [7, 11) is 4.03. The molecule has 0 saturated carbocycles. The summed E-state index contributed by atoms with van der Waals surface area (Å²) < 4.78 is 1.65. The Kier molecular flexibility index (Phi) is 7.81. The monoisotopic (exact) mass is 584 g/mol. The summed E-state index contributed by atoms with van der Waals surface area (Å²) >= 11 is 0. The Morgan fingerprint density at radius 1 is 1.12 bits per heavy atom. The molecule has 0 unspecified atom stereocenters. The fraction of sp³-hybridized carbons (Fsp3) is 0.321. The van der Waals surface area contributed by atoms with Crippen molar-refractivity contribution in [3.8, 4) is 22.8 Å². The number of Topliss-reactive ketones (excluding diaryl/α,β-unsaturated/α-hetero) is 1. The molecule has 1 fully saturated rings. The second-order valence-corrected chi connectivity index (χ2v) is 10.5. The molecule has 43 heavy (non-hydrogen) atoms. The zero-order valence-electron chi connectivity index (χ0n) is 23.9. The highest BCUT2D eigenvalue weighted by Crippen LogP contribution is 2.34. The molecule has 0 radical (unpaired) electrons. The third kappa shape index (κ3) is 5.67. The van der Waals surface area contributed by atoms with Crippen molar-refractivity contribution in [1.29, 1.82) is 0 Å². The van der Waals surface area contributed by atoms with E-state index in [1.807, 2.05) is 55.4 Å². The van der Waals surface area contributed by atoms with Crippen LogP contribution < -0.4 is 10.2 Å². The zero-order chi connectivity index (χ0) is 29.9. The highest BCUT2D eigenvalue weighted by atomic mass is 16.3. The number of fused-ring (bicyclic) bond motifs is 1. The number of ketones is 1. The average Bonchev–Trinajstić information content (AvgIpc) is 3.80. The van der Waals surface area contributed by atoms with Gasteiger partial charge in [-0.3, -0.25) is 14.7 Å². The van der Waals surface area contributed by atoms with Crippen LogP contribution in [0.25, 0.3) is 28.0 Å². The molecule has 1 saturated heterocycles. The van der Waals surface area contributed by atoms with Gasteiger partial charge in [-0.2, -0.15) is 9.78 Å². The van der Waals surface area contributed by atoms with Crippen LogP contribution in [0.1, 0.15) is 16.1 Å². The van der Waals surface area contributed by atoms with Crippen molar-refractivity contribution in [2.75, 3.05) is 58.3 Å². The number of piperazine rings is 1. The van der Waals surface area contributed by atoms with E-state index in [1.165, 1.54) is 17.3 Å². The maximum absolute atomic E-state index is 13.4. The van der Waals surface area contributed by atoms with Gasteiger partial charge in [0.05, 0.1) is 28.4 Å². The molecular formula is C28H32N12O3. The molecule has 0 spiro atoms. The highest BCUT2D eigenvalue weighted by Gasteiger charge is 2.31. The number of tetrazole rings is 1. The Hall–Kier alpha value is -5.15. The maximum Gasteiger partial charge on any atom is 0.295 e. The highest BCUT2D eigenvalue weighted by molar-refractivity contribution is 6.45. The van der Waals surface area contributed by atoms with E-state index in [-0.39, 0.29) is 16.7 Å². The van der Waals surface area contributed by atoms with E-state index in [9.17, 15) is 14.7 Å². The number of hydrogen-bond acceptors (Lipinski definition) is 11. The standard InChI is InChI=1S/C28H32N12O3/c1-37(2)9-8-29-15-18-14-21(33-32-18)24-25-23(22(41)17-31-24)20(16-30-25)26(42)27(43)38-10-12-39(13-11-38)28-34-35-36-40(28)19-6-4-3-5-7-19/h3-7,14,16-17,29-30,41H,8-13,15H2,1-2H3,(H,32,33). The first-order valence-electron chi connectivity index (χ1n) is 13.9. The molecule has 5 heterocycles. The number of likely N-dealkylation sites (N-methyl/N-ethyl adjacent to an activating group) is 1. The Bertz CT molecular complexity index is 1730. The van der Waals surface area contributed by atoms with Crippen molar-refractivity contribution < 1.29 is 14.7 Å². The van der Waals surface area contributed by atoms with Crippen LogP contribution in [0.5, 0.6) is 5.75 Å². The number of carbonyl (C=O) groups is 2. The number of aromatic hydroxyl groups is 1. The number of benzene rings is 1. The Labute approximate surface area is 246 Å². The lowest BCUT2D eigenvalue weighted by atomic mass is 10.1. The lowest BCUT2D eigenvalue weighted by Gasteiger charge is -2.34. The van der Waals surface area contributed by atoms with Gasteiger partial charge in [0, 0.05) is 57.7 Å². The van der Waals surface area contributed by atoms with E-state index in [2.05, 4.69) is 45.9 Å². The molecule has 15 nitrogen and oxygen atoms in total. The van der Waals surface area contributed by atoms with Crippen LogP contribution in [-0.4, -0.2) is 120 Å². The van der Waals surface area contributed by atoms with Gasteiger partial charge >= 0.3 is 0 Å². The van der Waals surface area contributed by atoms with Crippen molar-refractivity contribution in [2.45, 2.75) is 6.54 Å². The predicted molar refractivity (Wildman–Crippen MR) is 158 cm³/mol. The van der Waals surface area contributed by atoms with E-state index in [0.717, 1.165) is 24.5 Å². The van der Waals surface area contributed by atoms with Crippen LogP contribution in [0, 0.1) is 0 Å². The van der Waals surface area contributed by atoms with Gasteiger partial charge < -0.3 is 30.1 Å². The van der Waals surface area contributed by atoms with Gasteiger partial charge in [-0.05, 0) is 42.7 Å². The number of rotatable bonds is 10. The fourth-order valence-corrected chi connectivity index (χ4v) is 5.09. The minimum absolute atomic E-state index is 0.0812. The number of hydrogen-bond donors (Lipinski definition) is 4. The topological polar surface area (TPSA) is 177 Å². The molecule has 1 amide bonds. The van der Waals surface area contributed by atoms with E-state index in [0.29, 0.717) is 55.6 Å². The number of nitrogens with one attached hydrogen (secondary N) is 3. The number of para-hydroxylation sites is 1. The van der Waals surface area contributed by atoms with E-state index >= 15 is 0 Å². The van der Waals surface area contributed by atoms with Gasteiger partial charge in [0.1, 0.15) is 17.1 Å². The molecule has 5 aromatic rings. The van der Waals surface area contributed by atoms with Crippen LogP contribution in [-0.2, 0) is 11.3 Å². The molecule has 222 valence electrons. The van der Waals surface area contributed by atoms with Crippen molar-refractivity contribution in [3.05, 3.63) is 60.0 Å². The van der Waals surface area contributed by atoms with Gasteiger partial charge in [0.25, 0.3) is 11.7 Å². The lowest BCUT2D eigenvalue weighted by molar-refractivity contribution is -0.126. The summed E-state index contributed by atoms with van der Waals surface area (Å²) in [6.07, 6.45) is 2.71. The van der Waals surface area contributed by atoms with Crippen LogP contribution >= 0.6 is 0 Å². The summed E-state index contributed by atoms with van der Waals surface area (Å²) in [6, 6.07) is 11.4. The summed E-state index contributed by atoms with van der Waals surface area (Å²) in [5, 5.41) is 33.7. The Morgan fingerprint density at radius 2 is 1.91 bits per heavy atom. The van der Waals surface area contributed by atoms with Gasteiger partial charge in [0.2, 0.25) is 5.95 Å². The van der Waals surface area contributed by atoms with Crippen LogP contribution in [0.2, 0.25) is 0 Å². The Balaban J connectivity index is 1.15. The Morgan fingerprint density at radius 3 is 2.67 bits per heavy atom. The number of aromatic amines is 2. The van der Waals surface area contributed by atoms with E-state index in [1.54, 1.807) is 4.68 Å². The zero-order valence-corrected chi connectivity index (χ0v) is 23.9. The lowest BCUT2D eigenvalue weighted by Crippen LogP contribution is -2.51. The molecule has 4 aromatic heterocycles. The van der Waals surface area contributed by atoms with Crippen LogP contribution in [0.4, 0.5) is 5.95 Å². The largest absolute Gasteiger partial charge is 0.506 e. The quantitative estimate of drug-likeness (QED) is 0.104. The number of anilines is 1. The smallest absolute Gasteiger partial charge is 0.295 e. The third-order valence-corrected chi connectivity index (χ3v) is 7.36. The molecule has 1 aliphatic rings. The normalized spacial score (nSPS) is 13.7. The van der Waals surface area contributed by atoms with Gasteiger partial charge in [0.15, 0.2) is 0 Å². The summed E-state index contributed by atoms with van der Waals surface area (Å²) in [4.78, 5) is 39.7. The number of amides is 1. The predicted octanol–water partition coefficient (Wildman–Crippen LogP) is 0.817. The molecule has 4 N–H and O–H groups in total. The van der Waals surface area contributed by atoms with Crippen LogP contribution in [0.3, 0.4) is 0 Å². The first-order chi connectivity index (χ1) is 20.9. The molecule has 6 rings (SSSR count). The number of pyridine rings is 1. The summed E-state index contributed by atoms with van der Waals surface area (Å²) in [6.45, 7) is 3.84. The second kappa shape index (κ2) is 12.0. The molecule has 1 aliphatic heterocycles. The molecule has 15 heteroatoms. The minimum Gasteiger partial charge on any atom is -0.506 e. The van der Waals surface area contributed by atoms with Crippen molar-refractivity contribution in [2.24, 2.45) is 0 Å². The minimum atomic E-state index is -0.714. The summed E-state index contributed by atoms with van der Waals surface area (Å²) in [5.41, 5.74) is 3.21. The maximum atomic E-state index is 13.4. The molecule has 1 aromatic carbocycles. The van der Waals surface area contributed by atoms with Gasteiger partial charge in [-0.15, -0.1) is 0 Å². The molecular weight excluding hydrogens is 552 g/mol.